The number of hydrogen-bond donors (Lipinski definition) is 2. The number of piperidine rings is 1. The normalized spacial score (nSPS) is 21.6. The summed E-state index contributed by atoms with van der Waals surface area (Å²) in [6.45, 7) is 0.464. The van der Waals surface area contributed by atoms with Crippen molar-refractivity contribution in [1.82, 2.24) is 9.62 Å². The molecule has 0 aromatic rings. The molecule has 0 radical (unpaired) electrons. The first-order valence-corrected chi connectivity index (χ1v) is 7.14. The fourth-order valence-corrected chi connectivity index (χ4v) is 2.16. The quantitative estimate of drug-likeness (QED) is 0.653. The number of nitrogens with zero attached hydrogens (tertiary/aromatic N) is 1. The van der Waals surface area contributed by atoms with E-state index in [9.17, 15) is 18.0 Å². The number of likely N-dealkylation sites (tertiary alicyclic amines) is 1. The first-order valence-electron chi connectivity index (χ1n) is 5.25. The number of hydrogen-bond acceptors (Lipinski definition) is 4. The highest BCUT2D eigenvalue weighted by molar-refractivity contribution is 7.88. The van der Waals surface area contributed by atoms with Gasteiger partial charge in [-0.2, -0.15) is 0 Å². The van der Waals surface area contributed by atoms with E-state index in [-0.39, 0.29) is 32.0 Å². The van der Waals surface area contributed by atoms with Crippen LogP contribution in [-0.2, 0) is 19.6 Å². The minimum absolute atomic E-state index is 0.108. The Hall–Kier alpha value is -1.15. The summed E-state index contributed by atoms with van der Waals surface area (Å²) in [5, 5.41) is 8.85. The summed E-state index contributed by atoms with van der Waals surface area (Å²) in [4.78, 5) is 23.7. The molecular formula is C9H16N2O5S. The maximum absolute atomic E-state index is 11.5. The molecule has 8 heteroatoms. The molecule has 1 saturated heterocycles. The van der Waals surface area contributed by atoms with Gasteiger partial charge in [-0.3, -0.25) is 9.59 Å². The Bertz CT molecular complexity index is 406. The van der Waals surface area contributed by atoms with Gasteiger partial charge < -0.3 is 10.0 Å². The number of sulfonamides is 1. The molecule has 0 aromatic carbocycles. The highest BCUT2D eigenvalue weighted by Crippen LogP contribution is 2.17. The Labute approximate surface area is 99.8 Å². The molecule has 1 heterocycles. The Morgan fingerprint density at radius 3 is 2.76 bits per heavy atom. The molecular weight excluding hydrogens is 248 g/mol. The zero-order chi connectivity index (χ0) is 13.1. The summed E-state index contributed by atoms with van der Waals surface area (Å²) in [7, 11) is -3.28. The van der Waals surface area contributed by atoms with E-state index in [1.54, 1.807) is 0 Å². The molecule has 0 aromatic heterocycles. The number of carbonyl (C=O) groups is 2. The molecule has 0 saturated carbocycles. The van der Waals surface area contributed by atoms with Gasteiger partial charge in [-0.15, -0.1) is 0 Å². The van der Waals surface area contributed by atoms with Crippen LogP contribution in [-0.4, -0.2) is 56.2 Å². The highest BCUT2D eigenvalue weighted by Gasteiger charge is 2.29. The molecule has 0 aliphatic carbocycles. The van der Waals surface area contributed by atoms with Gasteiger partial charge in [-0.25, -0.2) is 13.1 Å². The van der Waals surface area contributed by atoms with Gasteiger partial charge in [0.05, 0.1) is 12.2 Å². The smallest absolute Gasteiger partial charge is 0.308 e. The van der Waals surface area contributed by atoms with Gasteiger partial charge in [-0.1, -0.05) is 0 Å². The lowest BCUT2D eigenvalue weighted by Crippen LogP contribution is -2.45. The van der Waals surface area contributed by atoms with Crippen LogP contribution in [0.15, 0.2) is 0 Å². The third kappa shape index (κ3) is 4.70. The van der Waals surface area contributed by atoms with Crippen molar-refractivity contribution in [3.8, 4) is 0 Å². The molecule has 1 unspecified atom stereocenters. The summed E-state index contributed by atoms with van der Waals surface area (Å²) in [6.07, 6.45) is 1.59. The van der Waals surface area contributed by atoms with Crippen LogP contribution in [0.2, 0.25) is 0 Å². The van der Waals surface area contributed by atoms with Gasteiger partial charge in [0, 0.05) is 26.1 Å². The monoisotopic (exact) mass is 264 g/mol. The molecule has 1 rings (SSSR count). The van der Waals surface area contributed by atoms with Crippen molar-refractivity contribution in [3.05, 3.63) is 0 Å². The number of carboxylic acid groups (broad SMARTS) is 1. The van der Waals surface area contributed by atoms with Crippen LogP contribution in [0.1, 0.15) is 12.8 Å². The van der Waals surface area contributed by atoms with E-state index in [0.29, 0.717) is 6.42 Å². The number of amides is 1. The van der Waals surface area contributed by atoms with Gasteiger partial charge in [0.15, 0.2) is 0 Å². The van der Waals surface area contributed by atoms with Crippen molar-refractivity contribution >= 4 is 21.9 Å². The topological polar surface area (TPSA) is 104 Å². The van der Waals surface area contributed by atoms with Gasteiger partial charge >= 0.3 is 5.97 Å². The van der Waals surface area contributed by atoms with E-state index in [1.807, 2.05) is 0 Å². The van der Waals surface area contributed by atoms with E-state index in [2.05, 4.69) is 4.72 Å². The fourth-order valence-electron chi connectivity index (χ4n) is 1.70. The highest BCUT2D eigenvalue weighted by atomic mass is 32.2. The maximum Gasteiger partial charge on any atom is 0.308 e. The third-order valence-corrected chi connectivity index (χ3v) is 3.32. The largest absolute Gasteiger partial charge is 0.481 e. The van der Waals surface area contributed by atoms with Crippen LogP contribution < -0.4 is 4.72 Å². The van der Waals surface area contributed by atoms with Crippen LogP contribution in [0, 0.1) is 5.92 Å². The lowest BCUT2D eigenvalue weighted by molar-refractivity contribution is -0.147. The van der Waals surface area contributed by atoms with Crippen molar-refractivity contribution in [2.24, 2.45) is 5.92 Å². The number of carboxylic acids is 1. The molecule has 98 valence electrons. The Kier molecular flexibility index (Phi) is 4.47. The zero-order valence-corrected chi connectivity index (χ0v) is 10.4. The van der Waals surface area contributed by atoms with E-state index < -0.39 is 21.9 Å². The van der Waals surface area contributed by atoms with E-state index in [1.165, 1.54) is 4.90 Å². The van der Waals surface area contributed by atoms with E-state index >= 15 is 0 Å². The van der Waals surface area contributed by atoms with Crippen molar-refractivity contribution in [2.75, 3.05) is 25.9 Å². The number of nitrogens with one attached hydrogen (secondary N) is 1. The SMILES string of the molecule is CS(=O)(=O)NCCN1CC(C(=O)O)CCC1=O. The predicted octanol–water partition coefficient (Wildman–Crippen LogP) is -1.14. The van der Waals surface area contributed by atoms with Gasteiger partial charge in [0.2, 0.25) is 15.9 Å². The van der Waals surface area contributed by atoms with Crippen molar-refractivity contribution in [3.63, 3.8) is 0 Å². The van der Waals surface area contributed by atoms with Crippen LogP contribution in [0.25, 0.3) is 0 Å². The Morgan fingerprint density at radius 2 is 2.24 bits per heavy atom. The number of aliphatic carboxylic acids is 1. The van der Waals surface area contributed by atoms with Crippen molar-refractivity contribution in [2.45, 2.75) is 12.8 Å². The lowest BCUT2D eigenvalue weighted by Gasteiger charge is -2.30. The standard InChI is InChI=1S/C9H16N2O5S/c1-17(15,16)10-4-5-11-6-7(9(13)14)2-3-8(11)12/h7,10H,2-6H2,1H3,(H,13,14). The summed E-state index contributed by atoms with van der Waals surface area (Å²) in [6, 6.07) is 0. The molecule has 1 amide bonds. The summed E-state index contributed by atoms with van der Waals surface area (Å²) < 4.78 is 23.9. The Morgan fingerprint density at radius 1 is 1.59 bits per heavy atom. The molecule has 1 atom stereocenters. The van der Waals surface area contributed by atoms with Crippen LogP contribution in [0.5, 0.6) is 0 Å². The fraction of sp³-hybridized carbons (Fsp3) is 0.778. The minimum atomic E-state index is -3.28. The molecule has 1 aliphatic heterocycles. The predicted molar refractivity (Wildman–Crippen MR) is 59.8 cm³/mol. The summed E-state index contributed by atoms with van der Waals surface area (Å²) >= 11 is 0. The van der Waals surface area contributed by atoms with Crippen molar-refractivity contribution < 1.29 is 23.1 Å². The summed E-state index contributed by atoms with van der Waals surface area (Å²) in [5.41, 5.74) is 0. The third-order valence-electron chi connectivity index (χ3n) is 2.60. The van der Waals surface area contributed by atoms with Gasteiger partial charge in [0.1, 0.15) is 0 Å². The van der Waals surface area contributed by atoms with Crippen molar-refractivity contribution in [1.29, 1.82) is 0 Å². The molecule has 1 aliphatic rings. The summed E-state index contributed by atoms with van der Waals surface area (Å²) in [5.74, 6) is -1.60. The van der Waals surface area contributed by atoms with Gasteiger partial charge in [0.25, 0.3) is 0 Å². The second-order valence-electron chi connectivity index (χ2n) is 4.08. The average molecular weight is 264 g/mol. The van der Waals surface area contributed by atoms with Crippen LogP contribution >= 0.6 is 0 Å². The first-order chi connectivity index (χ1) is 7.79. The second kappa shape index (κ2) is 5.46. The lowest BCUT2D eigenvalue weighted by atomic mass is 9.98. The number of rotatable bonds is 5. The van der Waals surface area contributed by atoms with E-state index in [4.69, 9.17) is 5.11 Å². The molecule has 0 bridgehead atoms. The maximum atomic E-state index is 11.5. The average Bonchev–Trinajstić information content (AvgIpc) is 2.18. The molecule has 2 N–H and O–H groups in total. The number of carbonyl (C=O) groups excluding carboxylic acids is 1. The second-order valence-corrected chi connectivity index (χ2v) is 5.91. The molecule has 17 heavy (non-hydrogen) atoms. The first kappa shape index (κ1) is 13.9. The molecule has 0 spiro atoms. The Balaban J connectivity index is 2.45. The molecule has 7 nitrogen and oxygen atoms in total. The molecule has 1 fully saturated rings. The van der Waals surface area contributed by atoms with Crippen LogP contribution in [0.3, 0.4) is 0 Å². The van der Waals surface area contributed by atoms with Crippen LogP contribution in [0.4, 0.5) is 0 Å². The zero-order valence-electron chi connectivity index (χ0n) is 9.55. The van der Waals surface area contributed by atoms with E-state index in [0.717, 1.165) is 6.26 Å². The van der Waals surface area contributed by atoms with Gasteiger partial charge in [-0.05, 0) is 6.42 Å². The minimum Gasteiger partial charge on any atom is -0.481 e.